The largest absolute Gasteiger partial charge is 0.379 e. The molecule has 1 aromatic heterocycles. The molecule has 0 amide bonds. The van der Waals surface area contributed by atoms with E-state index in [1.54, 1.807) is 6.20 Å². The lowest BCUT2D eigenvalue weighted by atomic mass is 10.1. The maximum atomic E-state index is 12.2. The van der Waals surface area contributed by atoms with Crippen LogP contribution in [0.3, 0.4) is 0 Å². The maximum Gasteiger partial charge on any atom is 0.283 e. The number of aryl methyl sites for hydroxylation is 1. The molecule has 1 heterocycles. The second-order valence-corrected chi connectivity index (χ2v) is 6.39. The Balaban J connectivity index is 2.12. The summed E-state index contributed by atoms with van der Waals surface area (Å²) in [5.74, 6) is 0.383. The number of anilines is 1. The molecule has 2 aromatic rings. The molecule has 0 unspecified atom stereocenters. The third kappa shape index (κ3) is 4.17. The minimum atomic E-state index is -0.0994. The zero-order valence-corrected chi connectivity index (χ0v) is 14.1. The first-order chi connectivity index (χ1) is 9.97. The fourth-order valence-corrected chi connectivity index (χ4v) is 2.41. The minimum absolute atomic E-state index is 0.0994. The van der Waals surface area contributed by atoms with Gasteiger partial charge in [0.25, 0.3) is 5.56 Å². The summed E-state index contributed by atoms with van der Waals surface area (Å²) in [6.45, 7) is 7.47. The molecule has 0 radical (unpaired) electrons. The van der Waals surface area contributed by atoms with Gasteiger partial charge in [0.05, 0.1) is 11.9 Å². The molecule has 0 spiro atoms. The predicted molar refractivity (Wildman–Crippen MR) is 89.5 cm³/mol. The Morgan fingerprint density at radius 3 is 2.57 bits per heavy atom. The quantitative estimate of drug-likeness (QED) is 0.897. The number of benzene rings is 1. The summed E-state index contributed by atoms with van der Waals surface area (Å²) in [5.41, 5.74) is 3.02. The van der Waals surface area contributed by atoms with Crippen molar-refractivity contribution in [2.45, 2.75) is 33.9 Å². The lowest BCUT2D eigenvalue weighted by Crippen LogP contribution is -2.26. The Labute approximate surface area is 133 Å². The van der Waals surface area contributed by atoms with E-state index in [9.17, 15) is 4.79 Å². The monoisotopic (exact) mass is 349 g/mol. The van der Waals surface area contributed by atoms with Gasteiger partial charge in [-0.25, -0.2) is 4.68 Å². The van der Waals surface area contributed by atoms with Crippen molar-refractivity contribution in [3.63, 3.8) is 0 Å². The number of nitrogens with one attached hydrogen (secondary N) is 1. The highest BCUT2D eigenvalue weighted by Gasteiger charge is 2.09. The van der Waals surface area contributed by atoms with Crippen LogP contribution in [0.1, 0.15) is 25.0 Å². The Morgan fingerprint density at radius 2 is 1.95 bits per heavy atom. The molecule has 4 nitrogen and oxygen atoms in total. The van der Waals surface area contributed by atoms with E-state index in [-0.39, 0.29) is 5.56 Å². The highest BCUT2D eigenvalue weighted by atomic mass is 79.9. The molecule has 2 rings (SSSR count). The van der Waals surface area contributed by atoms with Crippen LogP contribution in [-0.4, -0.2) is 9.78 Å². The SMILES string of the molecule is Cc1ccc(CNc2cnn(CC(C)C)c(=O)c2Br)cc1. The van der Waals surface area contributed by atoms with Crippen molar-refractivity contribution in [1.82, 2.24) is 9.78 Å². The second kappa shape index (κ2) is 6.89. The third-order valence-electron chi connectivity index (χ3n) is 3.13. The Bertz CT molecular complexity index is 662. The van der Waals surface area contributed by atoms with Crippen molar-refractivity contribution in [3.05, 3.63) is 56.4 Å². The number of aromatic nitrogens is 2. The van der Waals surface area contributed by atoms with Gasteiger partial charge in [0.1, 0.15) is 4.47 Å². The highest BCUT2D eigenvalue weighted by Crippen LogP contribution is 2.17. The lowest BCUT2D eigenvalue weighted by molar-refractivity contribution is 0.462. The highest BCUT2D eigenvalue weighted by molar-refractivity contribution is 9.10. The van der Waals surface area contributed by atoms with Gasteiger partial charge in [-0.05, 0) is 34.3 Å². The summed E-state index contributed by atoms with van der Waals surface area (Å²) in [6, 6.07) is 8.29. The van der Waals surface area contributed by atoms with Crippen LogP contribution in [0, 0.1) is 12.8 Å². The van der Waals surface area contributed by atoms with Gasteiger partial charge in [0.2, 0.25) is 0 Å². The molecular weight excluding hydrogens is 330 g/mol. The lowest BCUT2D eigenvalue weighted by Gasteiger charge is -2.12. The molecule has 1 N–H and O–H groups in total. The van der Waals surface area contributed by atoms with Crippen LogP contribution >= 0.6 is 15.9 Å². The van der Waals surface area contributed by atoms with Gasteiger partial charge in [-0.15, -0.1) is 0 Å². The molecule has 5 heteroatoms. The van der Waals surface area contributed by atoms with Gasteiger partial charge in [-0.3, -0.25) is 4.79 Å². The molecule has 0 saturated heterocycles. The van der Waals surface area contributed by atoms with Gasteiger partial charge in [-0.2, -0.15) is 5.10 Å². The van der Waals surface area contributed by atoms with Crippen molar-refractivity contribution in [2.75, 3.05) is 5.32 Å². The molecule has 112 valence electrons. The average Bonchev–Trinajstić information content (AvgIpc) is 2.44. The van der Waals surface area contributed by atoms with Gasteiger partial charge < -0.3 is 5.32 Å². The van der Waals surface area contributed by atoms with Crippen molar-refractivity contribution in [3.8, 4) is 0 Å². The number of nitrogens with zero attached hydrogens (tertiary/aromatic N) is 2. The fourth-order valence-electron chi connectivity index (χ4n) is 1.97. The fraction of sp³-hybridized carbons (Fsp3) is 0.375. The summed E-state index contributed by atoms with van der Waals surface area (Å²) in [7, 11) is 0. The molecule has 0 saturated carbocycles. The molecule has 0 aliphatic rings. The van der Waals surface area contributed by atoms with Gasteiger partial charge in [0, 0.05) is 13.1 Å². The summed E-state index contributed by atoms with van der Waals surface area (Å²) in [6.07, 6.45) is 1.70. The molecule has 1 aromatic carbocycles. The van der Waals surface area contributed by atoms with Crippen molar-refractivity contribution in [2.24, 2.45) is 5.92 Å². The standard InChI is InChI=1S/C16H20BrN3O/c1-11(2)10-20-16(21)15(17)14(9-19-20)18-8-13-6-4-12(3)5-7-13/h4-7,9,11,18H,8,10H2,1-3H3. The minimum Gasteiger partial charge on any atom is -0.379 e. The van der Waals surface area contributed by atoms with Crippen LogP contribution in [0.2, 0.25) is 0 Å². The first-order valence-electron chi connectivity index (χ1n) is 7.02. The molecule has 21 heavy (non-hydrogen) atoms. The summed E-state index contributed by atoms with van der Waals surface area (Å²) in [5, 5.41) is 7.46. The smallest absolute Gasteiger partial charge is 0.283 e. The third-order valence-corrected chi connectivity index (χ3v) is 3.89. The van der Waals surface area contributed by atoms with E-state index in [1.165, 1.54) is 15.8 Å². The second-order valence-electron chi connectivity index (χ2n) is 5.59. The average molecular weight is 350 g/mol. The van der Waals surface area contributed by atoms with E-state index < -0.39 is 0 Å². The zero-order chi connectivity index (χ0) is 15.4. The Morgan fingerprint density at radius 1 is 1.29 bits per heavy atom. The van der Waals surface area contributed by atoms with E-state index >= 15 is 0 Å². The zero-order valence-electron chi connectivity index (χ0n) is 12.6. The van der Waals surface area contributed by atoms with Crippen molar-refractivity contribution in [1.29, 1.82) is 0 Å². The van der Waals surface area contributed by atoms with Crippen LogP contribution in [0.4, 0.5) is 5.69 Å². The molecule has 0 aliphatic carbocycles. The normalized spacial score (nSPS) is 10.9. The van der Waals surface area contributed by atoms with E-state index in [0.29, 0.717) is 23.5 Å². The summed E-state index contributed by atoms with van der Waals surface area (Å²) < 4.78 is 2.02. The van der Waals surface area contributed by atoms with E-state index in [2.05, 4.69) is 71.4 Å². The van der Waals surface area contributed by atoms with Gasteiger partial charge in [-0.1, -0.05) is 43.7 Å². The van der Waals surface area contributed by atoms with Crippen LogP contribution in [0.15, 0.2) is 39.7 Å². The number of hydrogen-bond donors (Lipinski definition) is 1. The van der Waals surface area contributed by atoms with Crippen molar-refractivity contribution >= 4 is 21.6 Å². The molecule has 0 bridgehead atoms. The Kier molecular flexibility index (Phi) is 5.17. The van der Waals surface area contributed by atoms with E-state index in [0.717, 1.165) is 5.69 Å². The van der Waals surface area contributed by atoms with Crippen LogP contribution in [0.25, 0.3) is 0 Å². The number of rotatable bonds is 5. The molecular formula is C16H20BrN3O. The topological polar surface area (TPSA) is 46.9 Å². The molecule has 0 fully saturated rings. The molecule has 0 aliphatic heterocycles. The number of halogens is 1. The van der Waals surface area contributed by atoms with Crippen molar-refractivity contribution < 1.29 is 0 Å². The number of hydrogen-bond acceptors (Lipinski definition) is 3. The van der Waals surface area contributed by atoms with E-state index in [4.69, 9.17) is 0 Å². The first-order valence-corrected chi connectivity index (χ1v) is 7.81. The maximum absolute atomic E-state index is 12.2. The van der Waals surface area contributed by atoms with Gasteiger partial charge in [0.15, 0.2) is 0 Å². The summed E-state index contributed by atoms with van der Waals surface area (Å²) in [4.78, 5) is 12.2. The van der Waals surface area contributed by atoms with Crippen LogP contribution < -0.4 is 10.9 Å². The molecule has 0 atom stereocenters. The predicted octanol–water partition coefficient (Wildman–Crippen LogP) is 3.58. The van der Waals surface area contributed by atoms with E-state index in [1.807, 2.05) is 0 Å². The van der Waals surface area contributed by atoms with Gasteiger partial charge >= 0.3 is 0 Å². The first kappa shape index (κ1) is 15.8. The van der Waals surface area contributed by atoms with Crippen LogP contribution in [-0.2, 0) is 13.1 Å². The van der Waals surface area contributed by atoms with Crippen LogP contribution in [0.5, 0.6) is 0 Å². The summed E-state index contributed by atoms with van der Waals surface area (Å²) >= 11 is 3.37. The Hall–Kier alpha value is -1.62.